The molecule has 0 fully saturated rings. The maximum Gasteiger partial charge on any atom is 0.356 e. The van der Waals surface area contributed by atoms with Gasteiger partial charge in [-0.1, -0.05) is 13.8 Å². The third-order valence-electron chi connectivity index (χ3n) is 3.53. The van der Waals surface area contributed by atoms with Crippen molar-refractivity contribution in [3.8, 4) is 0 Å². The summed E-state index contributed by atoms with van der Waals surface area (Å²) in [6.45, 7) is 8.41. The summed E-state index contributed by atoms with van der Waals surface area (Å²) in [6.07, 6.45) is 0.192. The topological polar surface area (TPSA) is 84.7 Å². The molecular formula is C14H23N3O4. The summed E-state index contributed by atoms with van der Waals surface area (Å²) in [7, 11) is 1.34. The summed E-state index contributed by atoms with van der Waals surface area (Å²) in [4.78, 5) is 28.9. The maximum atomic E-state index is 11.3. The number of carboxylic acids is 1. The first-order valence-corrected chi connectivity index (χ1v) is 7.02. The van der Waals surface area contributed by atoms with Crippen LogP contribution in [0, 0.1) is 6.92 Å². The van der Waals surface area contributed by atoms with Crippen LogP contribution in [0.15, 0.2) is 0 Å². The number of hydrogen-bond acceptors (Lipinski definition) is 5. The van der Waals surface area contributed by atoms with Crippen LogP contribution >= 0.6 is 0 Å². The molecule has 0 aliphatic carbocycles. The molecule has 1 rings (SSSR count). The van der Waals surface area contributed by atoms with Gasteiger partial charge in [-0.05, 0) is 20.0 Å². The van der Waals surface area contributed by atoms with Crippen molar-refractivity contribution in [2.45, 2.75) is 40.3 Å². The molecule has 0 aromatic carbocycles. The molecule has 1 N–H and O–H groups in total. The average molecular weight is 297 g/mol. The van der Waals surface area contributed by atoms with Crippen LogP contribution in [0.5, 0.6) is 0 Å². The van der Waals surface area contributed by atoms with E-state index in [0.717, 1.165) is 13.1 Å². The van der Waals surface area contributed by atoms with E-state index in [9.17, 15) is 14.7 Å². The zero-order valence-corrected chi connectivity index (χ0v) is 13.0. The van der Waals surface area contributed by atoms with E-state index < -0.39 is 5.97 Å². The van der Waals surface area contributed by atoms with Gasteiger partial charge in [0.1, 0.15) is 5.82 Å². The largest absolute Gasteiger partial charge is 0.476 e. The quantitative estimate of drug-likeness (QED) is 0.728. The smallest absolute Gasteiger partial charge is 0.356 e. The molecule has 0 bridgehead atoms. The van der Waals surface area contributed by atoms with Gasteiger partial charge in [-0.2, -0.15) is 0 Å². The molecule has 0 saturated heterocycles. The molecule has 21 heavy (non-hydrogen) atoms. The Hall–Kier alpha value is -1.89. The van der Waals surface area contributed by atoms with E-state index in [1.165, 1.54) is 7.11 Å². The first kappa shape index (κ1) is 17.2. The van der Waals surface area contributed by atoms with E-state index in [4.69, 9.17) is 0 Å². The highest BCUT2D eigenvalue weighted by Crippen LogP contribution is 2.14. The first-order valence-electron chi connectivity index (χ1n) is 7.02. The number of carbonyl (C=O) groups excluding carboxylic acids is 1. The van der Waals surface area contributed by atoms with E-state index in [1.54, 1.807) is 11.5 Å². The molecule has 1 heterocycles. The fourth-order valence-electron chi connectivity index (χ4n) is 2.16. The zero-order chi connectivity index (χ0) is 16.0. The molecule has 1 aromatic heterocycles. The summed E-state index contributed by atoms with van der Waals surface area (Å²) >= 11 is 0. The predicted molar refractivity (Wildman–Crippen MR) is 77.2 cm³/mol. The predicted octanol–water partition coefficient (Wildman–Crippen LogP) is 1.29. The normalized spacial score (nSPS) is 10.9. The van der Waals surface area contributed by atoms with Crippen LogP contribution in [0.2, 0.25) is 0 Å². The van der Waals surface area contributed by atoms with Gasteiger partial charge in [0.25, 0.3) is 0 Å². The molecule has 0 unspecified atom stereocenters. The molecular weight excluding hydrogens is 274 g/mol. The number of nitrogens with zero attached hydrogens (tertiary/aromatic N) is 3. The van der Waals surface area contributed by atoms with Gasteiger partial charge in [-0.25, -0.2) is 9.78 Å². The van der Waals surface area contributed by atoms with Gasteiger partial charge in [0, 0.05) is 12.2 Å². The number of imidazole rings is 1. The Kier molecular flexibility index (Phi) is 6.36. The van der Waals surface area contributed by atoms with Crippen molar-refractivity contribution < 1.29 is 19.4 Å². The van der Waals surface area contributed by atoms with Crippen molar-refractivity contribution in [1.29, 1.82) is 0 Å². The molecule has 0 saturated carbocycles. The van der Waals surface area contributed by atoms with E-state index in [1.807, 2.05) is 13.8 Å². The van der Waals surface area contributed by atoms with E-state index in [-0.39, 0.29) is 18.1 Å². The fourth-order valence-corrected chi connectivity index (χ4v) is 2.16. The fraction of sp³-hybridized carbons (Fsp3) is 0.643. The highest BCUT2D eigenvalue weighted by molar-refractivity contribution is 5.86. The summed E-state index contributed by atoms with van der Waals surface area (Å²) in [5.41, 5.74) is 0.607. The minimum atomic E-state index is -1.05. The van der Waals surface area contributed by atoms with Gasteiger partial charge < -0.3 is 14.4 Å². The van der Waals surface area contributed by atoms with Crippen LogP contribution in [-0.2, 0) is 22.6 Å². The number of ether oxygens (including phenoxy) is 1. The number of hydrogen-bond donors (Lipinski definition) is 1. The van der Waals surface area contributed by atoms with Gasteiger partial charge >= 0.3 is 11.9 Å². The zero-order valence-electron chi connectivity index (χ0n) is 13.0. The lowest BCUT2D eigenvalue weighted by molar-refractivity contribution is -0.140. The second kappa shape index (κ2) is 7.78. The standard InChI is InChI=1S/C14H23N3O4/c1-5-16(6-2)9-11-15-13(14(19)20)10(3)17(11)8-7-12(18)21-4/h5-9H2,1-4H3,(H,19,20). The van der Waals surface area contributed by atoms with Crippen LogP contribution in [0.25, 0.3) is 0 Å². The number of aromatic carboxylic acids is 1. The second-order valence-electron chi connectivity index (χ2n) is 4.71. The minimum Gasteiger partial charge on any atom is -0.476 e. The highest BCUT2D eigenvalue weighted by atomic mass is 16.5. The Labute approximate surface area is 124 Å². The third-order valence-corrected chi connectivity index (χ3v) is 3.53. The van der Waals surface area contributed by atoms with Crippen LogP contribution in [-0.4, -0.2) is 51.7 Å². The van der Waals surface area contributed by atoms with Crippen LogP contribution in [0.1, 0.15) is 42.3 Å². The molecule has 0 spiro atoms. The summed E-state index contributed by atoms with van der Waals surface area (Å²) in [6, 6.07) is 0. The van der Waals surface area contributed by atoms with Crippen LogP contribution in [0.4, 0.5) is 0 Å². The van der Waals surface area contributed by atoms with Crippen molar-refractivity contribution in [3.05, 3.63) is 17.2 Å². The molecule has 0 atom stereocenters. The van der Waals surface area contributed by atoms with Gasteiger partial charge in [-0.3, -0.25) is 9.69 Å². The Morgan fingerprint density at radius 2 is 1.95 bits per heavy atom. The SMILES string of the molecule is CCN(CC)Cc1nc(C(=O)O)c(C)n1CCC(=O)OC. The highest BCUT2D eigenvalue weighted by Gasteiger charge is 2.20. The Bertz CT molecular complexity index is 507. The van der Waals surface area contributed by atoms with Crippen LogP contribution < -0.4 is 0 Å². The van der Waals surface area contributed by atoms with E-state index >= 15 is 0 Å². The summed E-state index contributed by atoms with van der Waals surface area (Å²) in [5.74, 6) is -0.712. The van der Waals surface area contributed by atoms with Crippen molar-refractivity contribution in [3.63, 3.8) is 0 Å². The average Bonchev–Trinajstić information content (AvgIpc) is 2.78. The lowest BCUT2D eigenvalue weighted by atomic mass is 10.3. The number of rotatable bonds is 8. The van der Waals surface area contributed by atoms with Gasteiger partial charge in [0.15, 0.2) is 5.69 Å². The third kappa shape index (κ3) is 4.29. The number of aromatic nitrogens is 2. The van der Waals surface area contributed by atoms with E-state index in [0.29, 0.717) is 24.6 Å². The first-order chi connectivity index (χ1) is 9.94. The number of esters is 1. The molecule has 7 nitrogen and oxygen atoms in total. The lowest BCUT2D eigenvalue weighted by Gasteiger charge is -2.18. The van der Waals surface area contributed by atoms with Gasteiger partial charge in [0.2, 0.25) is 0 Å². The second-order valence-corrected chi connectivity index (χ2v) is 4.71. The molecule has 0 aliphatic heterocycles. The summed E-state index contributed by atoms with van der Waals surface area (Å²) in [5, 5.41) is 9.19. The monoisotopic (exact) mass is 297 g/mol. The number of carboxylic acid groups (broad SMARTS) is 1. The molecule has 1 aromatic rings. The number of methoxy groups -OCH3 is 1. The Morgan fingerprint density at radius 1 is 1.33 bits per heavy atom. The van der Waals surface area contributed by atoms with Gasteiger partial charge in [-0.15, -0.1) is 0 Å². The molecule has 0 aliphatic rings. The van der Waals surface area contributed by atoms with Crippen molar-refractivity contribution in [1.82, 2.24) is 14.5 Å². The lowest BCUT2D eigenvalue weighted by Crippen LogP contribution is -2.25. The van der Waals surface area contributed by atoms with Crippen molar-refractivity contribution in [2.24, 2.45) is 0 Å². The van der Waals surface area contributed by atoms with Crippen molar-refractivity contribution >= 4 is 11.9 Å². The molecule has 0 radical (unpaired) electrons. The minimum absolute atomic E-state index is 0.0435. The summed E-state index contributed by atoms with van der Waals surface area (Å²) < 4.78 is 6.42. The molecule has 118 valence electrons. The molecule has 0 amide bonds. The maximum absolute atomic E-state index is 11.3. The van der Waals surface area contributed by atoms with Crippen molar-refractivity contribution in [2.75, 3.05) is 20.2 Å². The number of carbonyl (C=O) groups is 2. The Balaban J connectivity index is 3.05. The van der Waals surface area contributed by atoms with Gasteiger partial charge in [0.05, 0.1) is 20.1 Å². The van der Waals surface area contributed by atoms with E-state index in [2.05, 4.69) is 14.6 Å². The Morgan fingerprint density at radius 3 is 2.43 bits per heavy atom. The molecule has 7 heteroatoms. The van der Waals surface area contributed by atoms with Crippen LogP contribution in [0.3, 0.4) is 0 Å².